The number of carbonyl (C=O) groups excluding carboxylic acids is 1. The van der Waals surface area contributed by atoms with Crippen LogP contribution in [0.4, 0.5) is 17.5 Å². The van der Waals surface area contributed by atoms with Gasteiger partial charge in [0.1, 0.15) is 11.5 Å². The Hall–Kier alpha value is -3.73. The highest BCUT2D eigenvalue weighted by Crippen LogP contribution is 2.14. The van der Waals surface area contributed by atoms with Gasteiger partial charge in [0.2, 0.25) is 5.95 Å². The molecule has 0 fully saturated rings. The maximum absolute atomic E-state index is 12.3. The van der Waals surface area contributed by atoms with Crippen LogP contribution in [0.3, 0.4) is 0 Å². The van der Waals surface area contributed by atoms with E-state index in [1.54, 1.807) is 37.3 Å². The normalized spacial score (nSPS) is 10.0. The Morgan fingerprint density at radius 1 is 1.29 bits per heavy atom. The highest BCUT2D eigenvalue weighted by Gasteiger charge is 2.10. The van der Waals surface area contributed by atoms with Crippen LogP contribution >= 0.6 is 0 Å². The smallest absolute Gasteiger partial charge is 0.274 e. The van der Waals surface area contributed by atoms with E-state index in [0.717, 1.165) is 0 Å². The van der Waals surface area contributed by atoms with E-state index in [4.69, 9.17) is 9.78 Å². The molecule has 2 heterocycles. The zero-order valence-electron chi connectivity index (χ0n) is 12.6. The highest BCUT2D eigenvalue weighted by atomic mass is 16.5. The fraction of sp³-hybridized carbons (Fsp3) is 0.0625. The molecule has 0 unspecified atom stereocenters. The lowest BCUT2D eigenvalue weighted by Gasteiger charge is -2.06. The number of hydrogen-bond donors (Lipinski definition) is 2. The SMILES string of the molecule is Cc1cc(Nc2nccc(C(=O)Nc3cccc(C#N)c3)n2)no1. The second-order valence-corrected chi connectivity index (χ2v) is 4.86. The van der Waals surface area contributed by atoms with Crippen LogP contribution in [0.2, 0.25) is 0 Å². The van der Waals surface area contributed by atoms with Crippen LogP contribution in [-0.2, 0) is 0 Å². The van der Waals surface area contributed by atoms with Gasteiger partial charge >= 0.3 is 0 Å². The molecule has 8 nitrogen and oxygen atoms in total. The van der Waals surface area contributed by atoms with E-state index >= 15 is 0 Å². The quantitative estimate of drug-likeness (QED) is 0.758. The first-order chi connectivity index (χ1) is 11.6. The lowest BCUT2D eigenvalue weighted by molar-refractivity contribution is 0.102. The number of aromatic nitrogens is 3. The van der Waals surface area contributed by atoms with E-state index in [2.05, 4.69) is 25.8 Å². The van der Waals surface area contributed by atoms with E-state index in [9.17, 15) is 4.79 Å². The Morgan fingerprint density at radius 2 is 2.17 bits per heavy atom. The average Bonchev–Trinajstić information content (AvgIpc) is 3.00. The third-order valence-electron chi connectivity index (χ3n) is 3.01. The number of hydrogen-bond acceptors (Lipinski definition) is 7. The van der Waals surface area contributed by atoms with Gasteiger partial charge in [0.15, 0.2) is 5.82 Å². The van der Waals surface area contributed by atoms with Crippen LogP contribution in [0.5, 0.6) is 0 Å². The summed E-state index contributed by atoms with van der Waals surface area (Å²) in [4.78, 5) is 20.4. The fourth-order valence-electron chi connectivity index (χ4n) is 1.95. The van der Waals surface area contributed by atoms with Gasteiger partial charge < -0.3 is 15.2 Å². The summed E-state index contributed by atoms with van der Waals surface area (Å²) in [7, 11) is 0. The van der Waals surface area contributed by atoms with Crippen molar-refractivity contribution < 1.29 is 9.32 Å². The number of rotatable bonds is 4. The third kappa shape index (κ3) is 3.53. The maximum atomic E-state index is 12.3. The molecule has 0 bridgehead atoms. The molecule has 8 heteroatoms. The van der Waals surface area contributed by atoms with Crippen molar-refractivity contribution >= 4 is 23.4 Å². The van der Waals surface area contributed by atoms with Crippen molar-refractivity contribution in [2.75, 3.05) is 10.6 Å². The Bertz CT molecular complexity index is 928. The number of amides is 1. The number of nitriles is 1. The highest BCUT2D eigenvalue weighted by molar-refractivity contribution is 6.03. The topological polar surface area (TPSA) is 117 Å². The van der Waals surface area contributed by atoms with Gasteiger partial charge in [-0.25, -0.2) is 9.97 Å². The molecule has 2 aromatic heterocycles. The average molecular weight is 320 g/mol. The molecule has 1 aromatic carbocycles. The molecule has 0 saturated heterocycles. The number of nitrogens with one attached hydrogen (secondary N) is 2. The molecule has 0 atom stereocenters. The molecule has 0 aliphatic rings. The summed E-state index contributed by atoms with van der Waals surface area (Å²) in [6.07, 6.45) is 1.46. The molecule has 1 amide bonds. The van der Waals surface area contributed by atoms with Crippen LogP contribution < -0.4 is 10.6 Å². The van der Waals surface area contributed by atoms with E-state index in [1.165, 1.54) is 12.3 Å². The summed E-state index contributed by atoms with van der Waals surface area (Å²) in [6, 6.07) is 11.8. The van der Waals surface area contributed by atoms with Gasteiger partial charge in [0.05, 0.1) is 11.6 Å². The van der Waals surface area contributed by atoms with Gasteiger partial charge in [-0.2, -0.15) is 5.26 Å². The van der Waals surface area contributed by atoms with Crippen LogP contribution in [0, 0.1) is 18.3 Å². The van der Waals surface area contributed by atoms with Crippen LogP contribution in [0.25, 0.3) is 0 Å². The lowest BCUT2D eigenvalue weighted by Crippen LogP contribution is -2.14. The van der Waals surface area contributed by atoms with E-state index in [1.807, 2.05) is 6.07 Å². The van der Waals surface area contributed by atoms with Crippen molar-refractivity contribution in [2.24, 2.45) is 0 Å². The molecule has 0 radical (unpaired) electrons. The summed E-state index contributed by atoms with van der Waals surface area (Å²) >= 11 is 0. The van der Waals surface area contributed by atoms with Gasteiger partial charge in [-0.1, -0.05) is 11.2 Å². The predicted molar refractivity (Wildman–Crippen MR) is 85.7 cm³/mol. The first-order valence-electron chi connectivity index (χ1n) is 6.99. The molecular formula is C16H12N6O2. The molecule has 0 aliphatic heterocycles. The Kier molecular flexibility index (Phi) is 4.16. The van der Waals surface area contributed by atoms with Gasteiger partial charge in [-0.15, -0.1) is 0 Å². The Balaban J connectivity index is 1.75. The van der Waals surface area contributed by atoms with Crippen LogP contribution in [-0.4, -0.2) is 21.0 Å². The van der Waals surface area contributed by atoms with Crippen molar-refractivity contribution in [2.45, 2.75) is 6.92 Å². The van der Waals surface area contributed by atoms with Gasteiger partial charge in [-0.05, 0) is 31.2 Å². The largest absolute Gasteiger partial charge is 0.360 e. The zero-order valence-corrected chi connectivity index (χ0v) is 12.6. The number of benzene rings is 1. The molecule has 3 aromatic rings. The minimum atomic E-state index is -0.410. The van der Waals surface area contributed by atoms with E-state index in [0.29, 0.717) is 22.8 Å². The van der Waals surface area contributed by atoms with Crippen molar-refractivity contribution in [3.05, 3.63) is 59.6 Å². The molecule has 118 valence electrons. The summed E-state index contributed by atoms with van der Waals surface area (Å²) in [5.74, 6) is 0.907. The van der Waals surface area contributed by atoms with Crippen LogP contribution in [0.1, 0.15) is 21.8 Å². The molecule has 2 N–H and O–H groups in total. The van der Waals surface area contributed by atoms with E-state index in [-0.39, 0.29) is 11.6 Å². The predicted octanol–water partition coefficient (Wildman–Crippen LogP) is 2.64. The lowest BCUT2D eigenvalue weighted by atomic mass is 10.2. The van der Waals surface area contributed by atoms with Gasteiger partial charge in [0, 0.05) is 18.0 Å². The van der Waals surface area contributed by atoms with Crippen molar-refractivity contribution in [1.29, 1.82) is 5.26 Å². The van der Waals surface area contributed by atoms with Crippen molar-refractivity contribution in [3.63, 3.8) is 0 Å². The molecule has 0 aliphatic carbocycles. The molecule has 24 heavy (non-hydrogen) atoms. The molecular weight excluding hydrogens is 308 g/mol. The summed E-state index contributed by atoms with van der Waals surface area (Å²) < 4.78 is 4.94. The number of carbonyl (C=O) groups is 1. The molecule has 0 spiro atoms. The minimum absolute atomic E-state index is 0.176. The molecule has 3 rings (SSSR count). The number of anilines is 3. The van der Waals surface area contributed by atoms with Crippen LogP contribution in [0.15, 0.2) is 47.1 Å². The zero-order chi connectivity index (χ0) is 16.9. The maximum Gasteiger partial charge on any atom is 0.274 e. The second-order valence-electron chi connectivity index (χ2n) is 4.86. The number of aryl methyl sites for hydroxylation is 1. The first-order valence-corrected chi connectivity index (χ1v) is 6.99. The van der Waals surface area contributed by atoms with Crippen molar-refractivity contribution in [3.8, 4) is 6.07 Å². The molecule has 0 saturated carbocycles. The standard InChI is InChI=1S/C16H12N6O2/c1-10-7-14(22-24-10)21-16-18-6-5-13(20-16)15(23)19-12-4-2-3-11(8-12)9-17/h2-8H,1H3,(H,19,23)(H,18,20,21,22). The van der Waals surface area contributed by atoms with E-state index < -0.39 is 5.91 Å². The summed E-state index contributed by atoms with van der Waals surface area (Å²) in [5.41, 5.74) is 1.15. The second kappa shape index (κ2) is 6.58. The fourth-order valence-corrected chi connectivity index (χ4v) is 1.95. The van der Waals surface area contributed by atoms with Gasteiger partial charge in [0.25, 0.3) is 5.91 Å². The monoisotopic (exact) mass is 320 g/mol. The Labute approximate surface area is 137 Å². The van der Waals surface area contributed by atoms with Crippen molar-refractivity contribution in [1.82, 2.24) is 15.1 Å². The van der Waals surface area contributed by atoms with Gasteiger partial charge in [-0.3, -0.25) is 4.79 Å². The summed E-state index contributed by atoms with van der Waals surface area (Å²) in [5, 5.41) is 18.2. The Morgan fingerprint density at radius 3 is 2.92 bits per heavy atom. The summed E-state index contributed by atoms with van der Waals surface area (Å²) in [6.45, 7) is 1.76. The first kappa shape index (κ1) is 15.2. The minimum Gasteiger partial charge on any atom is -0.360 e. The number of nitrogens with zero attached hydrogens (tertiary/aromatic N) is 4. The third-order valence-corrected chi connectivity index (χ3v) is 3.01.